The molecule has 0 spiro atoms. The molecule has 1 aromatic carbocycles. The van der Waals surface area contributed by atoms with Gasteiger partial charge in [0.1, 0.15) is 5.82 Å². The van der Waals surface area contributed by atoms with Crippen molar-refractivity contribution in [2.75, 3.05) is 13.2 Å². The molecule has 0 saturated carbocycles. The lowest BCUT2D eigenvalue weighted by Crippen LogP contribution is -2.30. The lowest BCUT2D eigenvalue weighted by atomic mass is 10.0. The van der Waals surface area contributed by atoms with Crippen molar-refractivity contribution < 1.29 is 18.7 Å². The Morgan fingerprint density at radius 3 is 2.81 bits per heavy atom. The maximum Gasteiger partial charge on any atom is 0.309 e. The minimum atomic E-state index is -0.454. The highest BCUT2D eigenvalue weighted by molar-refractivity contribution is 5.81. The number of hydrogen-bond donors (Lipinski definition) is 1. The van der Waals surface area contributed by atoms with E-state index in [-0.39, 0.29) is 18.3 Å². The molecule has 0 aliphatic carbocycles. The summed E-state index contributed by atoms with van der Waals surface area (Å²) in [6.07, 6.45) is 2.27. The highest BCUT2D eigenvalue weighted by Gasteiger charge is 2.16. The van der Waals surface area contributed by atoms with Gasteiger partial charge >= 0.3 is 5.97 Å². The molecule has 0 aliphatic rings. The van der Waals surface area contributed by atoms with Gasteiger partial charge < -0.3 is 10.1 Å². The predicted octanol–water partition coefficient (Wildman–Crippen LogP) is 2.46. The number of halogens is 1. The van der Waals surface area contributed by atoms with E-state index in [9.17, 15) is 14.0 Å². The van der Waals surface area contributed by atoms with Gasteiger partial charge in [-0.15, -0.1) is 0 Å². The Balaban J connectivity index is 2.32. The normalized spacial score (nSPS) is 11.8. The molecule has 1 unspecified atom stereocenters. The molecule has 0 bridgehead atoms. The fraction of sp³-hybridized carbons (Fsp3) is 0.500. The second-order valence-electron chi connectivity index (χ2n) is 5.05. The molecule has 116 valence electrons. The van der Waals surface area contributed by atoms with Gasteiger partial charge in [0.25, 0.3) is 5.91 Å². The maximum absolute atomic E-state index is 13.1. The molecule has 0 heterocycles. The first-order chi connectivity index (χ1) is 10.0. The predicted molar refractivity (Wildman–Crippen MR) is 78.1 cm³/mol. The maximum atomic E-state index is 13.1. The summed E-state index contributed by atoms with van der Waals surface area (Å²) in [7, 11) is 0. The molecule has 0 aromatic heterocycles. The Bertz CT molecular complexity index is 476. The minimum absolute atomic E-state index is 0.268. The third-order valence-corrected chi connectivity index (χ3v) is 3.03. The summed E-state index contributed by atoms with van der Waals surface area (Å²) in [5.74, 6) is -1.50. The second kappa shape index (κ2) is 9.10. The van der Waals surface area contributed by atoms with Crippen molar-refractivity contribution in [2.45, 2.75) is 33.1 Å². The van der Waals surface area contributed by atoms with Crippen LogP contribution < -0.4 is 5.32 Å². The van der Waals surface area contributed by atoms with E-state index in [0.717, 1.165) is 18.4 Å². The van der Waals surface area contributed by atoms with Crippen LogP contribution >= 0.6 is 0 Å². The lowest BCUT2D eigenvalue weighted by molar-refractivity contribution is -0.152. The number of hydrogen-bond acceptors (Lipinski definition) is 3. The first-order valence-electron chi connectivity index (χ1n) is 7.20. The van der Waals surface area contributed by atoms with E-state index >= 15 is 0 Å². The SMILES string of the molecule is CCCCNC(=O)COC(=O)C(C)Cc1cccc(F)c1. The van der Waals surface area contributed by atoms with E-state index in [1.54, 1.807) is 19.1 Å². The lowest BCUT2D eigenvalue weighted by Gasteiger charge is -2.11. The monoisotopic (exact) mass is 295 g/mol. The van der Waals surface area contributed by atoms with Crippen LogP contribution in [-0.2, 0) is 20.7 Å². The Hall–Kier alpha value is -1.91. The topological polar surface area (TPSA) is 55.4 Å². The van der Waals surface area contributed by atoms with Gasteiger partial charge in [-0.1, -0.05) is 32.4 Å². The van der Waals surface area contributed by atoms with Crippen LogP contribution in [0.3, 0.4) is 0 Å². The number of unbranched alkanes of at least 4 members (excludes halogenated alkanes) is 1. The van der Waals surface area contributed by atoms with E-state index < -0.39 is 11.9 Å². The Morgan fingerprint density at radius 2 is 2.14 bits per heavy atom. The molecule has 1 aromatic rings. The van der Waals surface area contributed by atoms with Gasteiger partial charge in [-0.2, -0.15) is 0 Å². The van der Waals surface area contributed by atoms with Crippen molar-refractivity contribution >= 4 is 11.9 Å². The molecule has 1 rings (SSSR count). The first kappa shape index (κ1) is 17.1. The van der Waals surface area contributed by atoms with Crippen LogP contribution in [0.15, 0.2) is 24.3 Å². The zero-order valence-corrected chi connectivity index (χ0v) is 12.5. The molecule has 4 nitrogen and oxygen atoms in total. The summed E-state index contributed by atoms with van der Waals surface area (Å²) in [6, 6.07) is 6.10. The summed E-state index contributed by atoms with van der Waals surface area (Å²) >= 11 is 0. The Kier molecular flexibility index (Phi) is 7.43. The molecule has 0 fully saturated rings. The number of ether oxygens (including phenoxy) is 1. The van der Waals surface area contributed by atoms with Gasteiger partial charge in [0.15, 0.2) is 6.61 Å². The van der Waals surface area contributed by atoms with Gasteiger partial charge in [0.2, 0.25) is 0 Å². The number of carbonyl (C=O) groups excluding carboxylic acids is 2. The molecule has 0 saturated heterocycles. The van der Waals surface area contributed by atoms with Gasteiger partial charge in [-0.25, -0.2) is 4.39 Å². The zero-order valence-electron chi connectivity index (χ0n) is 12.5. The van der Waals surface area contributed by atoms with E-state index in [2.05, 4.69) is 5.32 Å². The van der Waals surface area contributed by atoms with Crippen LogP contribution in [0.1, 0.15) is 32.3 Å². The average molecular weight is 295 g/mol. The summed E-state index contributed by atoms with van der Waals surface area (Å²) in [6.45, 7) is 4.05. The van der Waals surface area contributed by atoms with Gasteiger partial charge in [0.05, 0.1) is 5.92 Å². The van der Waals surface area contributed by atoms with Crippen molar-refractivity contribution in [3.63, 3.8) is 0 Å². The van der Waals surface area contributed by atoms with Gasteiger partial charge in [0, 0.05) is 6.54 Å². The molecule has 5 heteroatoms. The number of carbonyl (C=O) groups is 2. The highest BCUT2D eigenvalue weighted by Crippen LogP contribution is 2.11. The van der Waals surface area contributed by atoms with E-state index in [0.29, 0.717) is 13.0 Å². The van der Waals surface area contributed by atoms with Crippen LogP contribution in [0.25, 0.3) is 0 Å². The third kappa shape index (κ3) is 6.88. The van der Waals surface area contributed by atoms with Crippen LogP contribution in [0.4, 0.5) is 4.39 Å². The Labute approximate surface area is 124 Å². The fourth-order valence-electron chi connectivity index (χ4n) is 1.84. The summed E-state index contributed by atoms with van der Waals surface area (Å²) in [4.78, 5) is 23.2. The summed E-state index contributed by atoms with van der Waals surface area (Å²) in [5.41, 5.74) is 0.729. The molecule has 1 amide bonds. The zero-order chi connectivity index (χ0) is 15.7. The highest BCUT2D eigenvalue weighted by atomic mass is 19.1. The number of esters is 1. The van der Waals surface area contributed by atoms with Crippen molar-refractivity contribution in [1.82, 2.24) is 5.32 Å². The molecule has 1 atom stereocenters. The van der Waals surface area contributed by atoms with Crippen LogP contribution in [0.2, 0.25) is 0 Å². The van der Waals surface area contributed by atoms with Crippen molar-refractivity contribution in [3.8, 4) is 0 Å². The van der Waals surface area contributed by atoms with Crippen LogP contribution in [0.5, 0.6) is 0 Å². The number of nitrogens with one attached hydrogen (secondary N) is 1. The van der Waals surface area contributed by atoms with Crippen LogP contribution in [-0.4, -0.2) is 25.0 Å². The van der Waals surface area contributed by atoms with Crippen molar-refractivity contribution in [1.29, 1.82) is 0 Å². The standard InChI is InChI=1S/C16H22FNO3/c1-3-4-8-18-15(19)11-21-16(20)12(2)9-13-6-5-7-14(17)10-13/h5-7,10,12H,3-4,8-9,11H2,1-2H3,(H,18,19). The van der Waals surface area contributed by atoms with Crippen molar-refractivity contribution in [2.24, 2.45) is 5.92 Å². The van der Waals surface area contributed by atoms with E-state index in [4.69, 9.17) is 4.74 Å². The van der Waals surface area contributed by atoms with E-state index in [1.165, 1.54) is 12.1 Å². The number of rotatable bonds is 8. The molecule has 1 N–H and O–H groups in total. The van der Waals surface area contributed by atoms with Crippen LogP contribution in [0, 0.1) is 11.7 Å². The first-order valence-corrected chi connectivity index (χ1v) is 7.20. The summed E-state index contributed by atoms with van der Waals surface area (Å²) < 4.78 is 18.0. The fourth-order valence-corrected chi connectivity index (χ4v) is 1.84. The largest absolute Gasteiger partial charge is 0.455 e. The smallest absolute Gasteiger partial charge is 0.309 e. The minimum Gasteiger partial charge on any atom is -0.455 e. The quantitative estimate of drug-likeness (QED) is 0.592. The van der Waals surface area contributed by atoms with Crippen molar-refractivity contribution in [3.05, 3.63) is 35.6 Å². The molecule has 21 heavy (non-hydrogen) atoms. The van der Waals surface area contributed by atoms with E-state index in [1.807, 2.05) is 6.92 Å². The number of amides is 1. The number of benzene rings is 1. The second-order valence-corrected chi connectivity index (χ2v) is 5.05. The Morgan fingerprint density at radius 1 is 1.38 bits per heavy atom. The molecule has 0 radical (unpaired) electrons. The molecular weight excluding hydrogens is 273 g/mol. The summed E-state index contributed by atoms with van der Waals surface area (Å²) in [5, 5.41) is 2.67. The van der Waals surface area contributed by atoms with Gasteiger partial charge in [-0.3, -0.25) is 9.59 Å². The average Bonchev–Trinajstić information content (AvgIpc) is 2.45. The molecule has 0 aliphatic heterocycles. The molecular formula is C16H22FNO3. The van der Waals surface area contributed by atoms with Gasteiger partial charge in [-0.05, 0) is 30.5 Å². The third-order valence-electron chi connectivity index (χ3n) is 3.03.